The lowest BCUT2D eigenvalue weighted by Crippen LogP contribution is -2.45. The van der Waals surface area contributed by atoms with Crippen LogP contribution in [-0.4, -0.2) is 56.0 Å². The maximum absolute atomic E-state index is 11.9. The minimum absolute atomic E-state index is 0.0669. The molecule has 1 atom stereocenters. The van der Waals surface area contributed by atoms with Gasteiger partial charge in [-0.2, -0.15) is 0 Å². The molecule has 3 rings (SSSR count). The third-order valence-electron chi connectivity index (χ3n) is 4.81. The average molecular weight is 351 g/mol. The maximum Gasteiger partial charge on any atom is 0.409 e. The molecule has 2 heterocycles. The number of anilines is 2. The number of hydrogen-bond donors (Lipinski definition) is 2. The van der Waals surface area contributed by atoms with Gasteiger partial charge < -0.3 is 25.0 Å². The summed E-state index contributed by atoms with van der Waals surface area (Å²) in [5.41, 5.74) is -0.196. The van der Waals surface area contributed by atoms with Crippen LogP contribution in [0.4, 0.5) is 16.2 Å². The fourth-order valence-electron chi connectivity index (χ4n) is 3.34. The zero-order valence-corrected chi connectivity index (χ0v) is 14.5. The highest BCUT2D eigenvalue weighted by atomic mass is 16.6. The molecule has 0 unspecified atom stereocenters. The summed E-state index contributed by atoms with van der Waals surface area (Å²) in [4.78, 5) is 37.1. The van der Waals surface area contributed by atoms with Crippen LogP contribution in [0.2, 0.25) is 0 Å². The first-order valence-electron chi connectivity index (χ1n) is 8.97. The molecule has 2 fully saturated rings. The van der Waals surface area contributed by atoms with Crippen molar-refractivity contribution in [2.24, 2.45) is 0 Å². The average Bonchev–Trinajstić information content (AvgIpc) is 3.14. The normalized spacial score (nSPS) is 21.5. The number of hydrogen-bond acceptors (Lipinski definition) is 7. The first-order valence-corrected chi connectivity index (χ1v) is 8.97. The van der Waals surface area contributed by atoms with Gasteiger partial charge in [-0.05, 0) is 32.6 Å². The molecule has 0 aliphatic carbocycles. The highest BCUT2D eigenvalue weighted by Crippen LogP contribution is 2.21. The fraction of sp³-hybridized carbons (Fsp3) is 0.706. The molecule has 138 valence electrons. The van der Waals surface area contributed by atoms with E-state index >= 15 is 0 Å². The predicted molar refractivity (Wildman–Crippen MR) is 94.1 cm³/mol. The highest BCUT2D eigenvalue weighted by Gasteiger charge is 2.28. The van der Waals surface area contributed by atoms with Gasteiger partial charge in [-0.1, -0.05) is 0 Å². The van der Waals surface area contributed by atoms with Crippen LogP contribution in [-0.2, 0) is 9.47 Å². The zero-order chi connectivity index (χ0) is 17.8. The van der Waals surface area contributed by atoms with Crippen molar-refractivity contribution in [2.45, 2.75) is 44.8 Å². The molecule has 0 spiro atoms. The molecule has 25 heavy (non-hydrogen) atoms. The van der Waals surface area contributed by atoms with Crippen molar-refractivity contribution < 1.29 is 14.3 Å². The summed E-state index contributed by atoms with van der Waals surface area (Å²) in [5.74, 6) is 0. The van der Waals surface area contributed by atoms with E-state index in [1.807, 2.05) is 0 Å². The Bertz CT molecular complexity index is 668. The van der Waals surface area contributed by atoms with E-state index in [2.05, 4.69) is 10.6 Å². The van der Waals surface area contributed by atoms with E-state index in [4.69, 9.17) is 9.47 Å². The number of nitrogens with zero attached hydrogens (tertiary/aromatic N) is 1. The van der Waals surface area contributed by atoms with Gasteiger partial charge in [0.15, 0.2) is 0 Å². The van der Waals surface area contributed by atoms with Gasteiger partial charge >= 0.3 is 6.09 Å². The molecule has 0 aromatic heterocycles. The zero-order valence-electron chi connectivity index (χ0n) is 14.5. The summed E-state index contributed by atoms with van der Waals surface area (Å²) >= 11 is 0. The summed E-state index contributed by atoms with van der Waals surface area (Å²) in [6, 6.07) is 0.0669. The first kappa shape index (κ1) is 17.7. The molecule has 2 aliphatic rings. The monoisotopic (exact) mass is 351 g/mol. The third-order valence-corrected chi connectivity index (χ3v) is 4.81. The molecular formula is C17H25N3O5. The van der Waals surface area contributed by atoms with E-state index in [0.717, 1.165) is 19.4 Å². The Labute approximate surface area is 146 Å². The summed E-state index contributed by atoms with van der Waals surface area (Å²) in [7, 11) is 0. The standard InChI is InChI=1S/C17H25N3O5/c1-2-24-17(23)20-7-5-11(6-8-20)19-14-13(15(21)16(14)22)18-10-12-4-3-9-25-12/h11-12,18-19H,2-10H2,1H3/t12-/m0/s1. The molecule has 1 amide bonds. The van der Waals surface area contributed by atoms with Gasteiger partial charge in [-0.15, -0.1) is 0 Å². The molecule has 1 aromatic rings. The van der Waals surface area contributed by atoms with Crippen molar-refractivity contribution in [2.75, 3.05) is 43.5 Å². The quantitative estimate of drug-likeness (QED) is 0.735. The predicted octanol–water partition coefficient (Wildman–Crippen LogP) is 0.906. The summed E-state index contributed by atoms with van der Waals surface area (Å²) in [5, 5.41) is 6.24. The van der Waals surface area contributed by atoms with E-state index in [1.54, 1.807) is 11.8 Å². The van der Waals surface area contributed by atoms with Crippen LogP contribution in [0.3, 0.4) is 0 Å². The Morgan fingerprint density at radius 2 is 1.92 bits per heavy atom. The number of amides is 1. The number of carbonyl (C=O) groups excluding carboxylic acids is 1. The summed E-state index contributed by atoms with van der Waals surface area (Å²) in [6.07, 6.45) is 3.23. The number of nitrogens with one attached hydrogen (secondary N) is 2. The number of likely N-dealkylation sites (tertiary alicyclic amines) is 1. The molecule has 8 heteroatoms. The molecule has 1 aromatic carbocycles. The van der Waals surface area contributed by atoms with Gasteiger partial charge in [0.05, 0.1) is 12.7 Å². The second kappa shape index (κ2) is 7.86. The minimum atomic E-state index is -0.470. The van der Waals surface area contributed by atoms with Crippen molar-refractivity contribution in [1.82, 2.24) is 4.90 Å². The molecule has 0 radical (unpaired) electrons. The van der Waals surface area contributed by atoms with Gasteiger partial charge in [0.25, 0.3) is 10.9 Å². The second-order valence-corrected chi connectivity index (χ2v) is 6.53. The molecule has 8 nitrogen and oxygen atoms in total. The number of piperidine rings is 1. The molecule has 2 N–H and O–H groups in total. The van der Waals surface area contributed by atoms with Crippen LogP contribution >= 0.6 is 0 Å². The van der Waals surface area contributed by atoms with Crippen LogP contribution in [0.15, 0.2) is 9.59 Å². The molecule has 2 aliphatic heterocycles. The number of carbonyl (C=O) groups is 1. The Hall–Kier alpha value is -2.09. The third kappa shape index (κ3) is 3.95. The molecule has 0 saturated carbocycles. The van der Waals surface area contributed by atoms with E-state index in [9.17, 15) is 14.4 Å². The smallest absolute Gasteiger partial charge is 0.409 e. The van der Waals surface area contributed by atoms with Crippen molar-refractivity contribution in [3.8, 4) is 0 Å². The summed E-state index contributed by atoms with van der Waals surface area (Å²) in [6.45, 7) is 4.59. The molecule has 0 bridgehead atoms. The lowest BCUT2D eigenvalue weighted by Gasteiger charge is -2.32. The Kier molecular flexibility index (Phi) is 5.57. The maximum atomic E-state index is 11.9. The largest absolute Gasteiger partial charge is 0.450 e. The minimum Gasteiger partial charge on any atom is -0.450 e. The van der Waals surface area contributed by atoms with Gasteiger partial charge in [0.2, 0.25) is 0 Å². The van der Waals surface area contributed by atoms with Crippen LogP contribution in [0.25, 0.3) is 0 Å². The van der Waals surface area contributed by atoms with E-state index in [0.29, 0.717) is 50.5 Å². The molecule has 2 saturated heterocycles. The Morgan fingerprint density at radius 1 is 1.20 bits per heavy atom. The Balaban J connectivity index is 1.52. The fourth-order valence-corrected chi connectivity index (χ4v) is 3.34. The van der Waals surface area contributed by atoms with Gasteiger partial charge in [-0.3, -0.25) is 9.59 Å². The first-order chi connectivity index (χ1) is 12.1. The van der Waals surface area contributed by atoms with E-state index in [1.165, 1.54) is 0 Å². The van der Waals surface area contributed by atoms with Gasteiger partial charge in [-0.25, -0.2) is 4.79 Å². The SMILES string of the molecule is CCOC(=O)N1CCC(Nc2c(NC[C@@H]3CCCO3)c(=O)c2=O)CC1. The Morgan fingerprint density at radius 3 is 2.56 bits per heavy atom. The lowest BCUT2D eigenvalue weighted by atomic mass is 10.0. The molecular weight excluding hydrogens is 326 g/mol. The van der Waals surface area contributed by atoms with Gasteiger partial charge in [0, 0.05) is 32.3 Å². The van der Waals surface area contributed by atoms with Crippen molar-refractivity contribution in [3.63, 3.8) is 0 Å². The van der Waals surface area contributed by atoms with E-state index < -0.39 is 10.9 Å². The number of ether oxygens (including phenoxy) is 2. The van der Waals surface area contributed by atoms with E-state index in [-0.39, 0.29) is 18.2 Å². The van der Waals surface area contributed by atoms with Crippen LogP contribution < -0.4 is 21.5 Å². The van der Waals surface area contributed by atoms with Crippen molar-refractivity contribution in [3.05, 3.63) is 20.4 Å². The van der Waals surface area contributed by atoms with Crippen LogP contribution in [0.1, 0.15) is 32.6 Å². The summed E-state index contributed by atoms with van der Waals surface area (Å²) < 4.78 is 10.5. The second-order valence-electron chi connectivity index (χ2n) is 6.53. The van der Waals surface area contributed by atoms with Crippen molar-refractivity contribution >= 4 is 17.5 Å². The van der Waals surface area contributed by atoms with Crippen molar-refractivity contribution in [1.29, 1.82) is 0 Å². The highest BCUT2D eigenvalue weighted by molar-refractivity contribution is 5.74. The lowest BCUT2D eigenvalue weighted by molar-refractivity contribution is 0.0983. The van der Waals surface area contributed by atoms with Crippen LogP contribution in [0, 0.1) is 0 Å². The number of rotatable bonds is 6. The van der Waals surface area contributed by atoms with Crippen LogP contribution in [0.5, 0.6) is 0 Å². The topological polar surface area (TPSA) is 97.0 Å². The van der Waals surface area contributed by atoms with Gasteiger partial charge in [0.1, 0.15) is 11.4 Å².